The van der Waals surface area contributed by atoms with Crippen LogP contribution in [0.3, 0.4) is 0 Å². The molecular formula is C13H12ClN3O2S. The van der Waals surface area contributed by atoms with E-state index in [1.54, 1.807) is 18.2 Å². The molecule has 2 amide bonds. The van der Waals surface area contributed by atoms with Gasteiger partial charge in [0.2, 0.25) is 5.91 Å². The number of hydrogen-bond acceptors (Lipinski definition) is 4. The number of thioether (sulfide) groups is 1. The first kappa shape index (κ1) is 14.7. The molecule has 0 aromatic heterocycles. The van der Waals surface area contributed by atoms with Crippen molar-refractivity contribution in [2.45, 2.75) is 6.04 Å². The molecule has 5 nitrogen and oxygen atoms in total. The zero-order chi connectivity index (χ0) is 14.5. The first-order valence-electron chi connectivity index (χ1n) is 5.83. The van der Waals surface area contributed by atoms with Crippen LogP contribution in [-0.2, 0) is 4.79 Å². The summed E-state index contributed by atoms with van der Waals surface area (Å²) < 4.78 is 0. The van der Waals surface area contributed by atoms with E-state index in [-0.39, 0.29) is 17.7 Å². The molecule has 0 aliphatic carbocycles. The van der Waals surface area contributed by atoms with E-state index in [1.807, 2.05) is 0 Å². The van der Waals surface area contributed by atoms with Gasteiger partial charge in [0.05, 0.1) is 11.6 Å². The summed E-state index contributed by atoms with van der Waals surface area (Å²) in [6.45, 7) is 0.234. The lowest BCUT2D eigenvalue weighted by Crippen LogP contribution is -2.38. The molecule has 4 N–H and O–H groups in total. The van der Waals surface area contributed by atoms with Crippen LogP contribution in [-0.4, -0.2) is 29.5 Å². The van der Waals surface area contributed by atoms with E-state index < -0.39 is 6.04 Å². The van der Waals surface area contributed by atoms with Crippen LogP contribution in [0.1, 0.15) is 5.56 Å². The molecule has 1 heterocycles. The monoisotopic (exact) mass is 309 g/mol. The van der Waals surface area contributed by atoms with Crippen LogP contribution < -0.4 is 16.4 Å². The van der Waals surface area contributed by atoms with Gasteiger partial charge in [0.15, 0.2) is 0 Å². The lowest BCUT2D eigenvalue weighted by Gasteiger charge is -2.10. The highest BCUT2D eigenvalue weighted by Crippen LogP contribution is 2.21. The molecule has 1 saturated heterocycles. The van der Waals surface area contributed by atoms with Gasteiger partial charge in [-0.2, -0.15) is 0 Å². The molecule has 1 unspecified atom stereocenters. The Morgan fingerprint density at radius 2 is 2.40 bits per heavy atom. The highest BCUT2D eigenvalue weighted by atomic mass is 35.5. The minimum atomic E-state index is -0.512. The lowest BCUT2D eigenvalue weighted by atomic mass is 10.2. The van der Waals surface area contributed by atoms with E-state index in [2.05, 4.69) is 22.5 Å². The molecule has 1 aromatic rings. The molecular weight excluding hydrogens is 298 g/mol. The van der Waals surface area contributed by atoms with Crippen molar-refractivity contribution in [3.05, 3.63) is 28.8 Å². The first-order valence-corrected chi connectivity index (χ1v) is 7.19. The summed E-state index contributed by atoms with van der Waals surface area (Å²) in [5.41, 5.74) is 6.48. The summed E-state index contributed by atoms with van der Waals surface area (Å²) in [5.74, 6) is 5.71. The first-order chi connectivity index (χ1) is 9.60. The van der Waals surface area contributed by atoms with Crippen LogP contribution in [0.4, 0.5) is 10.5 Å². The van der Waals surface area contributed by atoms with E-state index in [4.69, 9.17) is 17.3 Å². The van der Waals surface area contributed by atoms with Crippen molar-refractivity contribution in [3.8, 4) is 11.8 Å². The maximum atomic E-state index is 11.9. The minimum Gasteiger partial charge on any atom is -0.334 e. The third kappa shape index (κ3) is 3.67. The summed E-state index contributed by atoms with van der Waals surface area (Å²) in [6, 6.07) is 4.49. The molecule has 7 heteroatoms. The normalized spacial score (nSPS) is 17.1. The largest absolute Gasteiger partial charge is 0.334 e. The summed E-state index contributed by atoms with van der Waals surface area (Å²) in [4.78, 5) is 23.0. The topological polar surface area (TPSA) is 84.2 Å². The van der Waals surface area contributed by atoms with Crippen molar-refractivity contribution < 1.29 is 9.59 Å². The SMILES string of the molecule is NCC#Cc1cc(NC(=O)C2CSC(=O)N2)ccc1Cl. The number of carbonyl (C=O) groups excluding carboxylic acids is 2. The number of hydrogen-bond donors (Lipinski definition) is 3. The Kier molecular flexibility index (Phi) is 4.90. The second-order valence-corrected chi connectivity index (χ2v) is 5.39. The van der Waals surface area contributed by atoms with Crippen molar-refractivity contribution in [1.29, 1.82) is 0 Å². The molecule has 1 aliphatic rings. The van der Waals surface area contributed by atoms with Gasteiger partial charge in [-0.15, -0.1) is 0 Å². The van der Waals surface area contributed by atoms with Gasteiger partial charge in [-0.3, -0.25) is 9.59 Å². The maximum Gasteiger partial charge on any atom is 0.279 e. The molecule has 0 radical (unpaired) electrons. The fourth-order valence-electron chi connectivity index (χ4n) is 1.60. The van der Waals surface area contributed by atoms with Crippen molar-refractivity contribution >= 4 is 40.2 Å². The lowest BCUT2D eigenvalue weighted by molar-refractivity contribution is -0.117. The highest BCUT2D eigenvalue weighted by Gasteiger charge is 2.27. The zero-order valence-corrected chi connectivity index (χ0v) is 12.0. The Morgan fingerprint density at radius 3 is 3.05 bits per heavy atom. The Balaban J connectivity index is 2.09. The van der Waals surface area contributed by atoms with E-state index in [0.717, 1.165) is 11.8 Å². The quantitative estimate of drug-likeness (QED) is 0.721. The van der Waals surface area contributed by atoms with Gasteiger partial charge in [-0.1, -0.05) is 35.2 Å². The molecule has 104 valence electrons. The summed E-state index contributed by atoms with van der Waals surface area (Å²) in [7, 11) is 0. The van der Waals surface area contributed by atoms with Gasteiger partial charge >= 0.3 is 0 Å². The van der Waals surface area contributed by atoms with E-state index >= 15 is 0 Å². The Bertz CT molecular complexity index is 609. The molecule has 1 aromatic carbocycles. The molecule has 0 saturated carbocycles. The van der Waals surface area contributed by atoms with E-state index in [9.17, 15) is 9.59 Å². The number of carbonyl (C=O) groups is 2. The van der Waals surface area contributed by atoms with Crippen molar-refractivity contribution in [2.24, 2.45) is 5.73 Å². The standard InChI is InChI=1S/C13H12ClN3O2S/c14-10-4-3-9(6-8(10)2-1-5-15)16-12(18)11-7-20-13(19)17-11/h3-4,6,11H,5,7,15H2,(H,16,18)(H,17,19). The predicted molar refractivity (Wildman–Crippen MR) is 80.8 cm³/mol. The van der Waals surface area contributed by atoms with Crippen LogP contribution in [0.15, 0.2) is 18.2 Å². The number of rotatable bonds is 2. The second kappa shape index (κ2) is 6.66. The van der Waals surface area contributed by atoms with Crippen molar-refractivity contribution in [2.75, 3.05) is 17.6 Å². The average molecular weight is 310 g/mol. The maximum absolute atomic E-state index is 11.9. The van der Waals surface area contributed by atoms with Gasteiger partial charge < -0.3 is 16.4 Å². The predicted octanol–water partition coefficient (Wildman–Crippen LogP) is 1.41. The molecule has 1 fully saturated rings. The van der Waals surface area contributed by atoms with Crippen molar-refractivity contribution in [1.82, 2.24) is 5.32 Å². The van der Waals surface area contributed by atoms with Gasteiger partial charge in [0.25, 0.3) is 5.24 Å². The smallest absolute Gasteiger partial charge is 0.279 e. The molecule has 1 atom stereocenters. The van der Waals surface area contributed by atoms with E-state index in [1.165, 1.54) is 0 Å². The molecule has 0 spiro atoms. The average Bonchev–Trinajstić information content (AvgIpc) is 2.86. The van der Waals surface area contributed by atoms with Crippen LogP contribution >= 0.6 is 23.4 Å². The molecule has 1 aliphatic heterocycles. The number of nitrogens with two attached hydrogens (primary N) is 1. The highest BCUT2D eigenvalue weighted by molar-refractivity contribution is 8.14. The summed E-state index contributed by atoms with van der Waals surface area (Å²) in [6.07, 6.45) is 0. The van der Waals surface area contributed by atoms with Gasteiger partial charge in [-0.05, 0) is 18.2 Å². The molecule has 20 heavy (non-hydrogen) atoms. The Hall–Kier alpha value is -1.68. The number of nitrogens with one attached hydrogen (secondary N) is 2. The fourth-order valence-corrected chi connectivity index (χ4v) is 2.54. The third-order valence-electron chi connectivity index (χ3n) is 2.55. The Labute approximate surface area is 125 Å². The van der Waals surface area contributed by atoms with Crippen LogP contribution in [0, 0.1) is 11.8 Å². The fraction of sp³-hybridized carbons (Fsp3) is 0.231. The van der Waals surface area contributed by atoms with Crippen molar-refractivity contribution in [3.63, 3.8) is 0 Å². The van der Waals surface area contributed by atoms with Gasteiger partial charge in [-0.25, -0.2) is 0 Å². The van der Waals surface area contributed by atoms with Gasteiger partial charge in [0.1, 0.15) is 6.04 Å². The second-order valence-electron chi connectivity index (χ2n) is 3.99. The van der Waals surface area contributed by atoms with Crippen LogP contribution in [0.2, 0.25) is 5.02 Å². The minimum absolute atomic E-state index is 0.184. The molecule has 0 bridgehead atoms. The molecule has 2 rings (SSSR count). The zero-order valence-electron chi connectivity index (χ0n) is 10.4. The van der Waals surface area contributed by atoms with Gasteiger partial charge in [0, 0.05) is 17.0 Å². The number of anilines is 1. The van der Waals surface area contributed by atoms with E-state index in [0.29, 0.717) is 22.0 Å². The number of amides is 2. The van der Waals surface area contributed by atoms with Crippen LogP contribution in [0.5, 0.6) is 0 Å². The number of benzene rings is 1. The number of halogens is 1. The van der Waals surface area contributed by atoms with Crippen LogP contribution in [0.25, 0.3) is 0 Å². The Morgan fingerprint density at radius 1 is 1.60 bits per heavy atom. The summed E-state index contributed by atoms with van der Waals surface area (Å²) in [5, 5.41) is 5.61. The third-order valence-corrected chi connectivity index (χ3v) is 3.76. The summed E-state index contributed by atoms with van der Waals surface area (Å²) >= 11 is 7.09.